The van der Waals surface area contributed by atoms with Gasteiger partial charge in [-0.25, -0.2) is 0 Å². The van der Waals surface area contributed by atoms with E-state index in [0.29, 0.717) is 13.5 Å². The molecule has 4 atom stereocenters. The lowest BCUT2D eigenvalue weighted by Crippen LogP contribution is -2.73. The van der Waals surface area contributed by atoms with Gasteiger partial charge in [-0.2, -0.15) is 39.5 Å². The molecule has 0 amide bonds. The molecule has 30 heavy (non-hydrogen) atoms. The molecule has 0 N–H and O–H groups in total. The molecule has 180 valence electrons. The van der Waals surface area contributed by atoms with Crippen molar-refractivity contribution >= 4 is 26.4 Å². The topological polar surface area (TPSA) is 55.4 Å². The van der Waals surface area contributed by atoms with E-state index in [4.69, 9.17) is 21.2 Å². The highest BCUT2D eigenvalue weighted by Crippen LogP contribution is 2.42. The van der Waals surface area contributed by atoms with E-state index in [1.165, 1.54) is 13.8 Å². The molecule has 0 aliphatic carbocycles. The van der Waals surface area contributed by atoms with Crippen LogP contribution in [0.4, 0.5) is 39.5 Å². The highest BCUT2D eigenvalue weighted by Gasteiger charge is 2.68. The molecule has 1 aliphatic heterocycles. The molecule has 1 aliphatic rings. The van der Waals surface area contributed by atoms with Crippen LogP contribution >= 0.6 is 0 Å². The Morgan fingerprint density at radius 3 is 1.20 bits per heavy atom. The summed E-state index contributed by atoms with van der Waals surface area (Å²) in [6.07, 6.45) is -24.2. The average Bonchev–Trinajstić information content (AvgIpc) is 2.37. The van der Waals surface area contributed by atoms with Gasteiger partial charge in [-0.3, -0.25) is 0 Å². The van der Waals surface area contributed by atoms with E-state index >= 15 is 0 Å². The summed E-state index contributed by atoms with van der Waals surface area (Å²) in [5.74, 6) is 0. The van der Waals surface area contributed by atoms with E-state index in [2.05, 4.69) is 4.43 Å². The zero-order valence-electron chi connectivity index (χ0n) is 16.6. The Balaban J connectivity index is 3.34. The van der Waals surface area contributed by atoms with Gasteiger partial charge in [0.05, 0.1) is 0 Å². The first-order chi connectivity index (χ1) is 13.0. The van der Waals surface area contributed by atoms with Crippen molar-refractivity contribution in [2.24, 2.45) is 0 Å². The van der Waals surface area contributed by atoms with Crippen LogP contribution in [0.3, 0.4) is 0 Å². The molecule has 6 nitrogen and oxygen atoms in total. The minimum absolute atomic E-state index is 0.580. The normalized spacial score (nSPS) is 32.7. The molecule has 4 unspecified atom stereocenters. The lowest BCUT2D eigenvalue weighted by molar-refractivity contribution is -0.308. The zero-order chi connectivity index (χ0) is 24.0. The summed E-state index contributed by atoms with van der Waals surface area (Å²) in [7, 11) is -13.6. The zero-order valence-corrected chi connectivity index (χ0v) is 19.6. The Kier molecular flexibility index (Phi) is 7.99. The van der Waals surface area contributed by atoms with Gasteiger partial charge in [-0.1, -0.05) is 0 Å². The minimum atomic E-state index is -5.89. The quantitative estimate of drug-likeness (QED) is 0.378. The number of hydrogen-bond acceptors (Lipinski definition) is 6. The van der Waals surface area contributed by atoms with Crippen LogP contribution in [0.2, 0.25) is 19.6 Å². The van der Waals surface area contributed by atoms with Crippen molar-refractivity contribution in [2.45, 2.75) is 77.3 Å². The second kappa shape index (κ2) is 8.61. The van der Waals surface area contributed by atoms with Gasteiger partial charge in [0.2, 0.25) is 6.10 Å². The molecular weight excluding hydrogens is 495 g/mol. The summed E-state index contributed by atoms with van der Waals surface area (Å²) >= 11 is 0. The molecule has 1 saturated heterocycles. The Morgan fingerprint density at radius 1 is 0.567 bits per heavy atom. The summed E-state index contributed by atoms with van der Waals surface area (Å²) in [5, 5.41) is 0. The van der Waals surface area contributed by atoms with Crippen LogP contribution in [0.5, 0.6) is 0 Å². The Morgan fingerprint density at radius 2 is 0.900 bits per heavy atom. The number of alkyl halides is 9. The van der Waals surface area contributed by atoms with Gasteiger partial charge in [0.1, 0.15) is 6.10 Å². The molecule has 0 aromatic heterocycles. The summed E-state index contributed by atoms with van der Waals surface area (Å²) in [6.45, 7) is 6.14. The van der Waals surface area contributed by atoms with Gasteiger partial charge in [0.15, 0.2) is 0 Å². The second-order valence-electron chi connectivity index (χ2n) is 6.94. The highest BCUT2D eigenvalue weighted by atomic mass is 28.5. The third-order valence-electron chi connectivity index (χ3n) is 3.34. The van der Waals surface area contributed by atoms with Gasteiger partial charge < -0.3 is 25.6 Å². The van der Waals surface area contributed by atoms with Crippen molar-refractivity contribution in [1.82, 2.24) is 0 Å². The fourth-order valence-corrected chi connectivity index (χ4v) is 15.8. The van der Waals surface area contributed by atoms with E-state index in [0.717, 1.165) is 13.1 Å². The molecule has 0 aromatic carbocycles. The molecule has 1 fully saturated rings. The predicted octanol–water partition coefficient (Wildman–Crippen LogP) is 4.66. The highest BCUT2D eigenvalue weighted by molar-refractivity contribution is 6.87. The van der Waals surface area contributed by atoms with Gasteiger partial charge in [0.25, 0.3) is 0 Å². The third-order valence-corrected chi connectivity index (χ3v) is 14.6. The summed E-state index contributed by atoms with van der Waals surface area (Å²) in [5.41, 5.74) is 0. The molecule has 0 radical (unpaired) electrons. The first-order valence-electron chi connectivity index (χ1n) is 8.34. The van der Waals surface area contributed by atoms with Gasteiger partial charge in [-0.05, 0) is 20.8 Å². The minimum Gasteiger partial charge on any atom is -0.373 e. The second-order valence-corrected chi connectivity index (χ2v) is 15.3. The average molecular weight is 517 g/mol. The Labute approximate surface area is 169 Å². The largest absolute Gasteiger partial charge is 0.483 e. The van der Waals surface area contributed by atoms with Crippen molar-refractivity contribution in [3.8, 4) is 0 Å². The van der Waals surface area contributed by atoms with Gasteiger partial charge >= 0.3 is 44.9 Å². The fraction of sp³-hybridized carbons (Fsp3) is 1.00. The van der Waals surface area contributed by atoms with Crippen molar-refractivity contribution in [2.75, 3.05) is 0 Å². The van der Waals surface area contributed by atoms with Crippen LogP contribution in [0, 0.1) is 0 Å². The third kappa shape index (κ3) is 7.73. The Hall–Kier alpha value is -0.219. The van der Waals surface area contributed by atoms with E-state index in [-0.39, 0.29) is 0 Å². The number of halogens is 9. The van der Waals surface area contributed by atoms with Gasteiger partial charge in [-0.15, -0.1) is 0 Å². The summed E-state index contributed by atoms with van der Waals surface area (Å²) < 4.78 is 146. The molecular formula is C12H21F9O6Si3. The van der Waals surface area contributed by atoms with E-state index in [1.54, 1.807) is 0 Å². The molecule has 0 spiro atoms. The molecule has 0 aromatic rings. The molecule has 18 heteroatoms. The van der Waals surface area contributed by atoms with Crippen molar-refractivity contribution in [3.05, 3.63) is 0 Å². The van der Waals surface area contributed by atoms with Crippen LogP contribution in [-0.2, 0) is 25.6 Å². The number of hydrogen-bond donors (Lipinski definition) is 0. The lowest BCUT2D eigenvalue weighted by atomic mass is 10.3. The standard InChI is InChI=1S/C12H21F9O6Si3/c1-7(2)22-28(4)25-29(5,23-8(3)10(13,14)15)27-30(6,26-28)24-9(11(16,17)18)12(19,20)21/h7-9H,1-6H3. The smallest absolute Gasteiger partial charge is 0.373 e. The predicted molar refractivity (Wildman–Crippen MR) is 87.9 cm³/mol. The molecule has 0 saturated carbocycles. The van der Waals surface area contributed by atoms with Crippen LogP contribution < -0.4 is 0 Å². The van der Waals surface area contributed by atoms with Crippen LogP contribution in [0.1, 0.15) is 20.8 Å². The Bertz CT molecular complexity index is 589. The molecule has 0 bridgehead atoms. The van der Waals surface area contributed by atoms with Crippen molar-refractivity contribution in [3.63, 3.8) is 0 Å². The first kappa shape index (κ1) is 27.8. The SMILES string of the molecule is CC(C)O[Si]1(C)O[Si](C)(OC(C)C(F)(F)F)O[Si](C)(OC(C(F)(F)F)C(F)(F)F)O1. The lowest BCUT2D eigenvalue weighted by Gasteiger charge is -2.48. The van der Waals surface area contributed by atoms with E-state index in [9.17, 15) is 39.5 Å². The monoisotopic (exact) mass is 516 g/mol. The van der Waals surface area contributed by atoms with Crippen molar-refractivity contribution < 1.29 is 65.1 Å². The van der Waals surface area contributed by atoms with E-state index in [1.807, 2.05) is 0 Å². The van der Waals surface area contributed by atoms with Crippen LogP contribution in [-0.4, -0.2) is 63.3 Å². The maximum Gasteiger partial charge on any atom is 0.483 e. The summed E-state index contributed by atoms with van der Waals surface area (Å²) in [6, 6.07) is 0. The molecule has 1 rings (SSSR count). The number of rotatable bonds is 6. The maximum absolute atomic E-state index is 12.9. The van der Waals surface area contributed by atoms with E-state index < -0.39 is 63.3 Å². The molecule has 1 heterocycles. The van der Waals surface area contributed by atoms with Crippen LogP contribution in [0.25, 0.3) is 0 Å². The first-order valence-corrected chi connectivity index (χ1v) is 15.0. The van der Waals surface area contributed by atoms with Crippen LogP contribution in [0.15, 0.2) is 0 Å². The summed E-state index contributed by atoms with van der Waals surface area (Å²) in [4.78, 5) is 0. The maximum atomic E-state index is 12.9. The van der Waals surface area contributed by atoms with Gasteiger partial charge in [0, 0.05) is 25.7 Å². The van der Waals surface area contributed by atoms with Crippen molar-refractivity contribution in [1.29, 1.82) is 0 Å². The fourth-order valence-electron chi connectivity index (χ4n) is 2.57.